The minimum atomic E-state index is 0.0112. The summed E-state index contributed by atoms with van der Waals surface area (Å²) in [5.41, 5.74) is 0.0560. The number of amides is 3. The molecule has 7 heteroatoms. The number of rotatable bonds is 5. The van der Waals surface area contributed by atoms with E-state index in [1.165, 1.54) is 0 Å². The molecule has 3 rings (SSSR count). The van der Waals surface area contributed by atoms with Gasteiger partial charge in [0.1, 0.15) is 0 Å². The van der Waals surface area contributed by atoms with E-state index in [9.17, 15) is 9.59 Å². The topological polar surface area (TPSA) is 55.9 Å². The minimum absolute atomic E-state index is 0.0112. The van der Waals surface area contributed by atoms with E-state index in [-0.39, 0.29) is 17.5 Å². The fourth-order valence-corrected chi connectivity index (χ4v) is 4.96. The van der Waals surface area contributed by atoms with E-state index in [1.807, 2.05) is 40.1 Å². The summed E-state index contributed by atoms with van der Waals surface area (Å²) in [6.07, 6.45) is 2.03. The highest BCUT2D eigenvalue weighted by molar-refractivity contribution is 8.00. The van der Waals surface area contributed by atoms with Crippen LogP contribution in [-0.2, 0) is 4.79 Å². The van der Waals surface area contributed by atoms with Crippen LogP contribution in [0.25, 0.3) is 0 Å². The van der Waals surface area contributed by atoms with Gasteiger partial charge in [0, 0.05) is 56.8 Å². The third-order valence-corrected chi connectivity index (χ3v) is 6.90. The lowest BCUT2D eigenvalue weighted by Gasteiger charge is -2.45. The van der Waals surface area contributed by atoms with Gasteiger partial charge in [-0.1, -0.05) is 25.1 Å². The first-order valence-electron chi connectivity index (χ1n) is 9.75. The first-order chi connectivity index (χ1) is 13.1. The van der Waals surface area contributed by atoms with Gasteiger partial charge in [-0.15, -0.1) is 11.8 Å². The van der Waals surface area contributed by atoms with Crippen LogP contribution in [-0.4, -0.2) is 84.2 Å². The maximum Gasteiger partial charge on any atom is 0.317 e. The van der Waals surface area contributed by atoms with Crippen molar-refractivity contribution in [1.29, 1.82) is 0 Å². The number of hydrogen-bond acceptors (Lipinski definition) is 4. The molecule has 2 aliphatic heterocycles. The molecule has 0 aromatic heterocycles. The van der Waals surface area contributed by atoms with E-state index in [2.05, 4.69) is 17.1 Å². The van der Waals surface area contributed by atoms with Crippen LogP contribution in [0.5, 0.6) is 0 Å². The fraction of sp³-hybridized carbons (Fsp3) is 0.600. The lowest BCUT2D eigenvalue weighted by atomic mass is 9.92. The van der Waals surface area contributed by atoms with Gasteiger partial charge in [0.25, 0.3) is 0 Å². The van der Waals surface area contributed by atoms with Crippen molar-refractivity contribution < 1.29 is 9.59 Å². The van der Waals surface area contributed by atoms with Crippen molar-refractivity contribution in [3.05, 3.63) is 30.3 Å². The van der Waals surface area contributed by atoms with Crippen LogP contribution in [0.2, 0.25) is 0 Å². The van der Waals surface area contributed by atoms with Gasteiger partial charge in [-0.3, -0.25) is 9.69 Å². The third kappa shape index (κ3) is 4.58. The Labute approximate surface area is 166 Å². The average Bonchev–Trinajstić information content (AvgIpc) is 3.18. The molecule has 0 radical (unpaired) electrons. The van der Waals surface area contributed by atoms with Gasteiger partial charge < -0.3 is 15.1 Å². The molecular formula is C20H30N4O2S. The lowest BCUT2D eigenvalue weighted by molar-refractivity contribution is -0.131. The number of piperazine rings is 1. The van der Waals surface area contributed by atoms with Crippen LogP contribution >= 0.6 is 11.8 Å². The van der Waals surface area contributed by atoms with Crippen molar-refractivity contribution in [3.63, 3.8) is 0 Å². The number of thioether (sulfide) groups is 1. The van der Waals surface area contributed by atoms with Crippen molar-refractivity contribution in [2.45, 2.75) is 30.2 Å². The number of nitrogens with zero attached hydrogens (tertiary/aromatic N) is 3. The van der Waals surface area contributed by atoms with Crippen LogP contribution in [0.15, 0.2) is 35.2 Å². The van der Waals surface area contributed by atoms with E-state index < -0.39 is 0 Å². The van der Waals surface area contributed by atoms with Crippen LogP contribution in [0.1, 0.15) is 19.8 Å². The van der Waals surface area contributed by atoms with Gasteiger partial charge in [0.2, 0.25) is 5.91 Å². The van der Waals surface area contributed by atoms with Crippen molar-refractivity contribution in [2.24, 2.45) is 0 Å². The Kier molecular flexibility index (Phi) is 6.65. The summed E-state index contributed by atoms with van der Waals surface area (Å²) in [6.45, 7) is 7.11. The summed E-state index contributed by atoms with van der Waals surface area (Å²) in [5.74, 6) is 0.709. The second-order valence-corrected chi connectivity index (χ2v) is 8.32. The molecule has 1 unspecified atom stereocenters. The zero-order valence-electron chi connectivity index (χ0n) is 16.3. The van der Waals surface area contributed by atoms with Crippen LogP contribution < -0.4 is 5.32 Å². The molecule has 1 N–H and O–H groups in total. The van der Waals surface area contributed by atoms with E-state index in [1.54, 1.807) is 18.8 Å². The smallest absolute Gasteiger partial charge is 0.317 e. The van der Waals surface area contributed by atoms with E-state index in [0.29, 0.717) is 5.75 Å². The second kappa shape index (κ2) is 8.97. The molecule has 148 valence electrons. The summed E-state index contributed by atoms with van der Waals surface area (Å²) in [7, 11) is 1.69. The highest BCUT2D eigenvalue weighted by Crippen LogP contribution is 2.32. The molecular weight excluding hydrogens is 360 g/mol. The lowest BCUT2D eigenvalue weighted by Crippen LogP contribution is -2.59. The molecule has 0 bridgehead atoms. The molecule has 0 spiro atoms. The Bertz CT molecular complexity index is 649. The summed E-state index contributed by atoms with van der Waals surface area (Å²) < 4.78 is 0. The predicted molar refractivity (Wildman–Crippen MR) is 109 cm³/mol. The Morgan fingerprint density at radius 1 is 1.07 bits per heavy atom. The highest BCUT2D eigenvalue weighted by Gasteiger charge is 2.44. The normalized spacial score (nSPS) is 23.5. The number of nitrogens with one attached hydrogen (secondary N) is 1. The van der Waals surface area contributed by atoms with E-state index in [4.69, 9.17) is 0 Å². The Morgan fingerprint density at radius 3 is 2.41 bits per heavy atom. The van der Waals surface area contributed by atoms with Crippen molar-refractivity contribution in [1.82, 2.24) is 20.0 Å². The van der Waals surface area contributed by atoms with Crippen molar-refractivity contribution in [3.8, 4) is 0 Å². The maximum absolute atomic E-state index is 12.6. The molecule has 0 saturated carbocycles. The monoisotopic (exact) mass is 390 g/mol. The maximum atomic E-state index is 12.6. The Hall–Kier alpha value is -1.73. The predicted octanol–water partition coefficient (Wildman–Crippen LogP) is 2.12. The highest BCUT2D eigenvalue weighted by atomic mass is 32.2. The van der Waals surface area contributed by atoms with Gasteiger partial charge in [-0.05, 0) is 25.0 Å². The molecule has 2 aliphatic rings. The standard InChI is InChI=1S/C20H30N4O2S/c1-3-20(9-10-23(16-20)19(26)21-2)24-13-11-22(12-14-24)18(25)15-27-17-7-5-4-6-8-17/h4-8H,3,9-16H2,1-2H3,(H,21,26). The Morgan fingerprint density at radius 2 is 1.78 bits per heavy atom. The number of likely N-dealkylation sites (tertiary alicyclic amines) is 1. The molecule has 2 heterocycles. The van der Waals surface area contributed by atoms with Gasteiger partial charge in [0.05, 0.1) is 5.75 Å². The molecule has 3 amide bonds. The number of benzene rings is 1. The molecule has 2 saturated heterocycles. The Balaban J connectivity index is 1.50. The molecule has 1 aromatic rings. The first-order valence-corrected chi connectivity index (χ1v) is 10.7. The van der Waals surface area contributed by atoms with Crippen LogP contribution in [0.4, 0.5) is 4.79 Å². The largest absolute Gasteiger partial charge is 0.341 e. The molecule has 27 heavy (non-hydrogen) atoms. The first kappa shape index (κ1) is 20.0. The minimum Gasteiger partial charge on any atom is -0.341 e. The average molecular weight is 391 g/mol. The van der Waals surface area contributed by atoms with E-state index >= 15 is 0 Å². The fourth-order valence-electron chi connectivity index (χ4n) is 4.14. The molecule has 6 nitrogen and oxygen atoms in total. The third-order valence-electron chi connectivity index (χ3n) is 5.90. The SMILES string of the molecule is CCC1(N2CCN(C(=O)CSc3ccccc3)CC2)CCN(C(=O)NC)C1. The molecule has 0 aliphatic carbocycles. The summed E-state index contributed by atoms with van der Waals surface area (Å²) in [6, 6.07) is 10.1. The zero-order chi connectivity index (χ0) is 19.3. The zero-order valence-corrected chi connectivity index (χ0v) is 17.1. The molecule has 1 aromatic carbocycles. The number of hydrogen-bond donors (Lipinski definition) is 1. The van der Waals surface area contributed by atoms with Gasteiger partial charge in [0.15, 0.2) is 0 Å². The molecule has 1 atom stereocenters. The number of urea groups is 1. The quantitative estimate of drug-likeness (QED) is 0.783. The summed E-state index contributed by atoms with van der Waals surface area (Å²) in [4.78, 5) is 32.1. The van der Waals surface area contributed by atoms with Crippen molar-refractivity contribution in [2.75, 3.05) is 52.1 Å². The van der Waals surface area contributed by atoms with Crippen molar-refractivity contribution >= 4 is 23.7 Å². The van der Waals surface area contributed by atoms with Crippen LogP contribution in [0, 0.1) is 0 Å². The van der Waals surface area contributed by atoms with Crippen LogP contribution in [0.3, 0.4) is 0 Å². The number of carbonyl (C=O) groups excluding carboxylic acids is 2. The van der Waals surface area contributed by atoms with Gasteiger partial charge in [-0.25, -0.2) is 4.79 Å². The summed E-state index contributed by atoms with van der Waals surface area (Å²) >= 11 is 1.60. The summed E-state index contributed by atoms with van der Waals surface area (Å²) in [5, 5.41) is 2.73. The number of carbonyl (C=O) groups is 2. The van der Waals surface area contributed by atoms with Gasteiger partial charge in [-0.2, -0.15) is 0 Å². The molecule has 2 fully saturated rings. The van der Waals surface area contributed by atoms with E-state index in [0.717, 1.165) is 57.0 Å². The van der Waals surface area contributed by atoms with Gasteiger partial charge >= 0.3 is 6.03 Å². The second-order valence-electron chi connectivity index (χ2n) is 7.27.